The van der Waals surface area contributed by atoms with E-state index >= 15 is 0 Å². The van der Waals surface area contributed by atoms with Crippen molar-refractivity contribution in [3.8, 4) is 0 Å². The summed E-state index contributed by atoms with van der Waals surface area (Å²) in [6.07, 6.45) is 66.3. The molecule has 0 aliphatic rings. The fourth-order valence-electron chi connectivity index (χ4n) is 9.46. The largest absolute Gasteiger partial charge is 0.466 e. The molecule has 0 aliphatic heterocycles. The monoisotopic (exact) mass is 932 g/mol. The van der Waals surface area contributed by atoms with Gasteiger partial charge >= 0.3 is 5.97 Å². The normalized spacial score (nSPS) is 12.6. The number of nitrogens with one attached hydrogen (secondary N) is 1. The summed E-state index contributed by atoms with van der Waals surface area (Å²) in [7, 11) is 0. The van der Waals surface area contributed by atoms with Crippen molar-refractivity contribution in [1.82, 2.24) is 5.32 Å². The van der Waals surface area contributed by atoms with Crippen molar-refractivity contribution in [1.29, 1.82) is 0 Å². The second kappa shape index (κ2) is 56.2. The Morgan fingerprint density at radius 2 is 0.712 bits per heavy atom. The van der Waals surface area contributed by atoms with Crippen LogP contribution < -0.4 is 5.32 Å². The van der Waals surface area contributed by atoms with E-state index in [9.17, 15) is 19.8 Å². The van der Waals surface area contributed by atoms with Crippen LogP contribution in [0.5, 0.6) is 0 Å². The Kier molecular flexibility index (Phi) is 55.0. The number of hydrogen-bond donors (Lipinski definition) is 3. The smallest absolute Gasteiger partial charge is 0.305 e. The number of esters is 1. The van der Waals surface area contributed by atoms with Gasteiger partial charge in [-0.15, -0.1) is 0 Å². The molecule has 66 heavy (non-hydrogen) atoms. The zero-order chi connectivity index (χ0) is 47.9. The van der Waals surface area contributed by atoms with E-state index < -0.39 is 12.1 Å². The molecule has 6 heteroatoms. The predicted molar refractivity (Wildman–Crippen MR) is 287 cm³/mol. The summed E-state index contributed by atoms with van der Waals surface area (Å²) in [6, 6.07) is -0.553. The van der Waals surface area contributed by atoms with E-state index in [1.165, 1.54) is 238 Å². The van der Waals surface area contributed by atoms with Crippen LogP contribution in [0.3, 0.4) is 0 Å². The lowest BCUT2D eigenvalue weighted by Gasteiger charge is -2.22. The number of ether oxygens (including phenoxy) is 1. The summed E-state index contributed by atoms with van der Waals surface area (Å²) >= 11 is 0. The fourth-order valence-corrected chi connectivity index (χ4v) is 9.46. The van der Waals surface area contributed by atoms with Gasteiger partial charge in [-0.1, -0.05) is 283 Å². The van der Waals surface area contributed by atoms with Gasteiger partial charge in [0.15, 0.2) is 0 Å². The molecule has 0 rings (SSSR count). The van der Waals surface area contributed by atoms with Crippen LogP contribution in [0.15, 0.2) is 12.2 Å². The molecule has 0 radical (unpaired) electrons. The summed E-state index contributed by atoms with van der Waals surface area (Å²) < 4.78 is 5.46. The minimum absolute atomic E-state index is 0.00126. The van der Waals surface area contributed by atoms with Gasteiger partial charge < -0.3 is 20.3 Å². The van der Waals surface area contributed by atoms with Gasteiger partial charge in [0.25, 0.3) is 0 Å². The molecule has 0 aromatic carbocycles. The lowest BCUT2D eigenvalue weighted by atomic mass is 10.0. The van der Waals surface area contributed by atoms with Crippen LogP contribution in [0.25, 0.3) is 0 Å². The zero-order valence-electron chi connectivity index (χ0n) is 44.7. The van der Waals surface area contributed by atoms with Crippen LogP contribution in [0.1, 0.15) is 335 Å². The molecule has 0 saturated heterocycles. The summed E-state index contributed by atoms with van der Waals surface area (Å²) in [5.41, 5.74) is 0. The Bertz CT molecular complexity index is 986. The van der Waals surface area contributed by atoms with E-state index in [1.807, 2.05) is 0 Å². The maximum atomic E-state index is 12.5. The van der Waals surface area contributed by atoms with Crippen molar-refractivity contribution in [2.24, 2.45) is 0 Å². The second-order valence-corrected chi connectivity index (χ2v) is 20.7. The highest BCUT2D eigenvalue weighted by molar-refractivity contribution is 5.76. The average Bonchev–Trinajstić information content (AvgIpc) is 3.32. The van der Waals surface area contributed by atoms with E-state index in [0.717, 1.165) is 64.2 Å². The Balaban J connectivity index is 3.46. The molecule has 392 valence electrons. The van der Waals surface area contributed by atoms with Gasteiger partial charge in [0.1, 0.15) is 0 Å². The third-order valence-electron chi connectivity index (χ3n) is 14.1. The molecule has 6 nitrogen and oxygen atoms in total. The number of aliphatic hydroxyl groups excluding tert-OH is 2. The Labute approximate surface area is 412 Å². The quantitative estimate of drug-likeness (QED) is 0.0321. The molecule has 2 unspecified atom stereocenters. The summed E-state index contributed by atoms with van der Waals surface area (Å²) in [4.78, 5) is 24.5. The lowest BCUT2D eigenvalue weighted by Crippen LogP contribution is -2.45. The molecule has 0 aromatic rings. The molecule has 0 saturated carbocycles. The first-order valence-electron chi connectivity index (χ1n) is 29.9. The Morgan fingerprint density at radius 3 is 1.08 bits per heavy atom. The van der Waals surface area contributed by atoms with Gasteiger partial charge in [-0.25, -0.2) is 0 Å². The SMILES string of the molecule is CCCCCCCCCCCCCCCCCCCCCCCC(O)C(CO)NC(=O)CCCCCCC/C=C\CCCCCCCCCOC(=O)CCCCCCCCCCCCCC. The predicted octanol–water partition coefficient (Wildman–Crippen LogP) is 18.5. The molecule has 0 heterocycles. The van der Waals surface area contributed by atoms with Crippen molar-refractivity contribution in [3.05, 3.63) is 12.2 Å². The number of amides is 1. The topological polar surface area (TPSA) is 95.9 Å². The number of hydrogen-bond acceptors (Lipinski definition) is 5. The molecule has 3 N–H and O–H groups in total. The van der Waals surface area contributed by atoms with Gasteiger partial charge in [-0.2, -0.15) is 0 Å². The average molecular weight is 933 g/mol. The summed E-state index contributed by atoms with van der Waals surface area (Å²) in [5.74, 6) is -0.0497. The third kappa shape index (κ3) is 52.0. The van der Waals surface area contributed by atoms with Crippen molar-refractivity contribution >= 4 is 11.9 Å². The Morgan fingerprint density at radius 1 is 0.409 bits per heavy atom. The summed E-state index contributed by atoms with van der Waals surface area (Å²) in [6.45, 7) is 4.95. The summed E-state index contributed by atoms with van der Waals surface area (Å²) in [5, 5.41) is 23.3. The van der Waals surface area contributed by atoms with Crippen LogP contribution in [0.2, 0.25) is 0 Å². The van der Waals surface area contributed by atoms with E-state index in [1.54, 1.807) is 0 Å². The van der Waals surface area contributed by atoms with Gasteiger partial charge in [-0.3, -0.25) is 9.59 Å². The minimum Gasteiger partial charge on any atom is -0.466 e. The van der Waals surface area contributed by atoms with Crippen LogP contribution in [-0.2, 0) is 14.3 Å². The standard InChI is InChI=1S/C60H117NO5/c1-3-5-7-9-11-13-15-17-18-19-20-21-22-23-26-29-32-36-40-44-48-52-58(63)57(56-62)61-59(64)53-49-45-41-37-33-30-27-24-25-28-31-35-39-43-47-51-55-66-60(65)54-50-46-42-38-34-16-14-12-10-8-6-4-2/h24,27,57-58,62-63H,3-23,25-26,28-56H2,1-2H3,(H,61,64)/b27-24-. The lowest BCUT2D eigenvalue weighted by molar-refractivity contribution is -0.143. The van der Waals surface area contributed by atoms with E-state index in [2.05, 4.69) is 31.3 Å². The van der Waals surface area contributed by atoms with Crippen LogP contribution in [-0.4, -0.2) is 47.4 Å². The fraction of sp³-hybridized carbons (Fsp3) is 0.933. The van der Waals surface area contributed by atoms with E-state index in [4.69, 9.17) is 4.74 Å². The highest BCUT2D eigenvalue weighted by Crippen LogP contribution is 2.18. The van der Waals surface area contributed by atoms with Crippen LogP contribution >= 0.6 is 0 Å². The Hall–Kier alpha value is -1.40. The van der Waals surface area contributed by atoms with Gasteiger partial charge in [0, 0.05) is 12.8 Å². The number of carbonyl (C=O) groups excluding carboxylic acids is 2. The highest BCUT2D eigenvalue weighted by atomic mass is 16.5. The molecule has 0 aromatic heterocycles. The van der Waals surface area contributed by atoms with Crippen molar-refractivity contribution in [2.75, 3.05) is 13.2 Å². The van der Waals surface area contributed by atoms with Crippen LogP contribution in [0.4, 0.5) is 0 Å². The van der Waals surface area contributed by atoms with Gasteiger partial charge in [0.05, 0.1) is 25.4 Å². The third-order valence-corrected chi connectivity index (χ3v) is 14.1. The molecule has 2 atom stereocenters. The van der Waals surface area contributed by atoms with Crippen molar-refractivity contribution in [2.45, 2.75) is 347 Å². The molecular formula is C60H117NO5. The van der Waals surface area contributed by atoms with Crippen molar-refractivity contribution in [3.63, 3.8) is 0 Å². The molecule has 0 aliphatic carbocycles. The number of unbranched alkanes of at least 4 members (excludes halogenated alkanes) is 43. The van der Waals surface area contributed by atoms with Gasteiger partial charge in [-0.05, 0) is 51.4 Å². The van der Waals surface area contributed by atoms with Crippen molar-refractivity contribution < 1.29 is 24.5 Å². The number of carbonyl (C=O) groups is 2. The first kappa shape index (κ1) is 64.6. The first-order chi connectivity index (χ1) is 32.5. The first-order valence-corrected chi connectivity index (χ1v) is 29.9. The number of aliphatic hydroxyl groups is 2. The molecule has 0 spiro atoms. The second-order valence-electron chi connectivity index (χ2n) is 20.7. The maximum absolute atomic E-state index is 12.5. The van der Waals surface area contributed by atoms with E-state index in [-0.39, 0.29) is 18.5 Å². The minimum atomic E-state index is -0.675. The zero-order valence-corrected chi connectivity index (χ0v) is 44.7. The highest BCUT2D eigenvalue weighted by Gasteiger charge is 2.20. The molecule has 1 amide bonds. The molecular weight excluding hydrogens is 815 g/mol. The van der Waals surface area contributed by atoms with Crippen LogP contribution in [0, 0.1) is 0 Å². The molecule has 0 fully saturated rings. The van der Waals surface area contributed by atoms with E-state index in [0.29, 0.717) is 25.9 Å². The number of allylic oxidation sites excluding steroid dienone is 2. The van der Waals surface area contributed by atoms with Gasteiger partial charge in [0.2, 0.25) is 5.91 Å². The maximum Gasteiger partial charge on any atom is 0.305 e. The molecule has 0 bridgehead atoms. The number of rotatable bonds is 56.